The zero-order valence-electron chi connectivity index (χ0n) is 17.2. The Hall–Kier alpha value is -2.42. The van der Waals surface area contributed by atoms with Gasteiger partial charge in [-0.15, -0.1) is 0 Å². The van der Waals surface area contributed by atoms with Crippen LogP contribution in [0.25, 0.3) is 0 Å². The maximum atomic E-state index is 12.7. The highest BCUT2D eigenvalue weighted by molar-refractivity contribution is 7.89. The molecule has 0 N–H and O–H groups in total. The number of carbonyl (C=O) groups excluding carboxylic acids is 2. The molecule has 0 aliphatic carbocycles. The van der Waals surface area contributed by atoms with Gasteiger partial charge in [0, 0.05) is 31.2 Å². The van der Waals surface area contributed by atoms with Crippen LogP contribution in [0.5, 0.6) is 0 Å². The number of amides is 1. The van der Waals surface area contributed by atoms with Crippen LogP contribution >= 0.6 is 11.6 Å². The van der Waals surface area contributed by atoms with Crippen molar-refractivity contribution >= 4 is 33.5 Å². The fourth-order valence-electron chi connectivity index (χ4n) is 3.48. The average molecular weight is 465 g/mol. The van der Waals surface area contributed by atoms with E-state index in [0.29, 0.717) is 11.4 Å². The lowest BCUT2D eigenvalue weighted by Gasteiger charge is -2.34. The lowest BCUT2D eigenvalue weighted by molar-refractivity contribution is -0.153. The molecule has 0 radical (unpaired) electrons. The topological polar surface area (TPSA) is 84.0 Å². The molecule has 1 unspecified atom stereocenters. The Morgan fingerprint density at radius 2 is 1.61 bits per heavy atom. The van der Waals surface area contributed by atoms with Crippen molar-refractivity contribution < 1.29 is 22.7 Å². The summed E-state index contributed by atoms with van der Waals surface area (Å²) in [6.07, 6.45) is 0.568. The molecule has 0 aromatic heterocycles. The van der Waals surface area contributed by atoms with Crippen molar-refractivity contribution in [1.82, 2.24) is 9.21 Å². The molecule has 1 aliphatic rings. The van der Waals surface area contributed by atoms with Gasteiger partial charge in [-0.2, -0.15) is 4.31 Å². The van der Waals surface area contributed by atoms with E-state index < -0.39 is 21.9 Å². The lowest BCUT2D eigenvalue weighted by Crippen LogP contribution is -2.51. The minimum absolute atomic E-state index is 0.164. The van der Waals surface area contributed by atoms with E-state index >= 15 is 0 Å². The molecule has 1 fully saturated rings. The number of nitrogens with zero attached hydrogens (tertiary/aromatic N) is 2. The maximum Gasteiger partial charge on any atom is 0.313 e. The highest BCUT2D eigenvalue weighted by Gasteiger charge is 2.30. The summed E-state index contributed by atoms with van der Waals surface area (Å²) in [6, 6.07) is 15.3. The first kappa shape index (κ1) is 23.2. The Labute approximate surface area is 187 Å². The monoisotopic (exact) mass is 464 g/mol. The van der Waals surface area contributed by atoms with Crippen LogP contribution in [-0.2, 0) is 24.3 Å². The largest absolute Gasteiger partial charge is 0.455 e. The van der Waals surface area contributed by atoms with E-state index in [1.54, 1.807) is 0 Å². The average Bonchev–Trinajstić information content (AvgIpc) is 2.79. The molecule has 1 saturated heterocycles. The molecule has 1 atom stereocenters. The maximum absolute atomic E-state index is 12.7. The molecule has 166 valence electrons. The summed E-state index contributed by atoms with van der Waals surface area (Å²) in [5.41, 5.74) is 0.850. The predicted molar refractivity (Wildman–Crippen MR) is 117 cm³/mol. The highest BCUT2D eigenvalue weighted by atomic mass is 35.5. The van der Waals surface area contributed by atoms with Gasteiger partial charge in [0.05, 0.1) is 10.8 Å². The molecule has 1 heterocycles. The first-order chi connectivity index (χ1) is 14.8. The Balaban J connectivity index is 1.52. The Bertz CT molecular complexity index is 1000. The summed E-state index contributed by atoms with van der Waals surface area (Å²) in [6.45, 7) is 2.35. The van der Waals surface area contributed by atoms with Gasteiger partial charge in [0.25, 0.3) is 5.91 Å². The first-order valence-electron chi connectivity index (χ1n) is 10.1. The number of carbonyl (C=O) groups is 2. The SMILES string of the molecule is CCC(C(=O)OCC(=O)N1CCN(S(=O)(=O)c2ccc(Cl)cc2)CC1)c1ccccc1. The zero-order valence-corrected chi connectivity index (χ0v) is 18.8. The molecule has 1 amide bonds. The number of esters is 1. The minimum atomic E-state index is -3.65. The van der Waals surface area contributed by atoms with Gasteiger partial charge in [-0.1, -0.05) is 48.9 Å². The van der Waals surface area contributed by atoms with E-state index in [-0.39, 0.29) is 43.6 Å². The quantitative estimate of drug-likeness (QED) is 0.588. The molecule has 2 aromatic carbocycles. The lowest BCUT2D eigenvalue weighted by atomic mass is 9.97. The molecular weight excluding hydrogens is 440 g/mol. The van der Waals surface area contributed by atoms with Crippen molar-refractivity contribution in [2.24, 2.45) is 0 Å². The third-order valence-corrected chi connectivity index (χ3v) is 7.44. The number of halogens is 1. The van der Waals surface area contributed by atoms with Crippen LogP contribution in [0.4, 0.5) is 0 Å². The van der Waals surface area contributed by atoms with Crippen molar-refractivity contribution in [2.75, 3.05) is 32.8 Å². The number of hydrogen-bond acceptors (Lipinski definition) is 5. The molecule has 0 bridgehead atoms. The van der Waals surface area contributed by atoms with Crippen molar-refractivity contribution in [3.05, 3.63) is 65.2 Å². The number of rotatable bonds is 7. The van der Waals surface area contributed by atoms with E-state index in [4.69, 9.17) is 16.3 Å². The second kappa shape index (κ2) is 10.3. The summed E-state index contributed by atoms with van der Waals surface area (Å²) in [7, 11) is -3.65. The zero-order chi connectivity index (χ0) is 22.4. The molecule has 3 rings (SSSR count). The Morgan fingerprint density at radius 3 is 2.19 bits per heavy atom. The second-order valence-corrected chi connectivity index (χ2v) is 9.59. The van der Waals surface area contributed by atoms with Gasteiger partial charge in [-0.25, -0.2) is 8.42 Å². The normalized spacial score (nSPS) is 16.0. The van der Waals surface area contributed by atoms with E-state index in [2.05, 4.69) is 0 Å². The van der Waals surface area contributed by atoms with Crippen LogP contribution < -0.4 is 0 Å². The number of hydrogen-bond donors (Lipinski definition) is 0. The summed E-state index contributed by atoms with van der Waals surface area (Å²) < 4.78 is 32.1. The number of benzene rings is 2. The minimum Gasteiger partial charge on any atom is -0.455 e. The van der Waals surface area contributed by atoms with Gasteiger partial charge in [0.2, 0.25) is 10.0 Å². The van der Waals surface area contributed by atoms with Gasteiger partial charge in [0.15, 0.2) is 6.61 Å². The Kier molecular flexibility index (Phi) is 7.69. The van der Waals surface area contributed by atoms with Crippen LogP contribution in [0.1, 0.15) is 24.8 Å². The molecule has 0 spiro atoms. The fraction of sp³-hybridized carbons (Fsp3) is 0.364. The summed E-state index contributed by atoms with van der Waals surface area (Å²) in [5, 5.41) is 0.460. The van der Waals surface area contributed by atoms with Gasteiger partial charge < -0.3 is 9.64 Å². The van der Waals surface area contributed by atoms with Gasteiger partial charge in [-0.05, 0) is 36.2 Å². The predicted octanol–water partition coefficient (Wildman–Crippen LogP) is 2.91. The second-order valence-electron chi connectivity index (χ2n) is 7.22. The van der Waals surface area contributed by atoms with E-state index in [0.717, 1.165) is 5.56 Å². The third kappa shape index (κ3) is 5.64. The summed E-state index contributed by atoms with van der Waals surface area (Å²) in [4.78, 5) is 26.6. The number of piperazine rings is 1. The van der Waals surface area contributed by atoms with Crippen molar-refractivity contribution in [3.63, 3.8) is 0 Å². The van der Waals surface area contributed by atoms with Crippen LogP contribution in [-0.4, -0.2) is 62.3 Å². The third-order valence-electron chi connectivity index (χ3n) is 5.28. The smallest absolute Gasteiger partial charge is 0.313 e. The van der Waals surface area contributed by atoms with Crippen LogP contribution in [0.2, 0.25) is 5.02 Å². The van der Waals surface area contributed by atoms with E-state index in [1.165, 1.54) is 33.5 Å². The van der Waals surface area contributed by atoms with Gasteiger partial charge in [-0.3, -0.25) is 9.59 Å². The molecule has 2 aromatic rings. The molecular formula is C22H25ClN2O5S. The van der Waals surface area contributed by atoms with Crippen molar-refractivity contribution in [1.29, 1.82) is 0 Å². The van der Waals surface area contributed by atoms with Crippen LogP contribution in [0, 0.1) is 0 Å². The fourth-order valence-corrected chi connectivity index (χ4v) is 5.03. The number of sulfonamides is 1. The van der Waals surface area contributed by atoms with E-state index in [1.807, 2.05) is 37.3 Å². The first-order valence-corrected chi connectivity index (χ1v) is 11.9. The highest BCUT2D eigenvalue weighted by Crippen LogP contribution is 2.22. The number of ether oxygens (including phenoxy) is 1. The van der Waals surface area contributed by atoms with Gasteiger partial charge in [0.1, 0.15) is 0 Å². The molecule has 0 saturated carbocycles. The summed E-state index contributed by atoms with van der Waals surface area (Å²) in [5.74, 6) is -1.19. The Morgan fingerprint density at radius 1 is 1.00 bits per heavy atom. The molecule has 31 heavy (non-hydrogen) atoms. The molecule has 1 aliphatic heterocycles. The molecule has 9 heteroatoms. The van der Waals surface area contributed by atoms with Crippen LogP contribution in [0.15, 0.2) is 59.5 Å². The van der Waals surface area contributed by atoms with Crippen molar-refractivity contribution in [3.8, 4) is 0 Å². The van der Waals surface area contributed by atoms with Crippen molar-refractivity contribution in [2.45, 2.75) is 24.2 Å². The standard InChI is InChI=1S/C22H25ClN2O5S/c1-2-20(17-6-4-3-5-7-17)22(27)30-16-21(26)24-12-14-25(15-13-24)31(28,29)19-10-8-18(23)9-11-19/h3-11,20H,2,12-16H2,1H3. The van der Waals surface area contributed by atoms with E-state index in [9.17, 15) is 18.0 Å². The van der Waals surface area contributed by atoms with Gasteiger partial charge >= 0.3 is 5.97 Å². The summed E-state index contributed by atoms with van der Waals surface area (Å²) >= 11 is 5.83. The molecule has 7 nitrogen and oxygen atoms in total. The van der Waals surface area contributed by atoms with Crippen LogP contribution in [0.3, 0.4) is 0 Å².